The number of rotatable bonds is 8. The van der Waals surface area contributed by atoms with Crippen molar-refractivity contribution in [1.29, 1.82) is 0 Å². The van der Waals surface area contributed by atoms with E-state index in [0.29, 0.717) is 28.5 Å². The number of ketones is 2. The maximum absolute atomic E-state index is 12.8. The van der Waals surface area contributed by atoms with Crippen molar-refractivity contribution >= 4 is 34.8 Å². The quantitative estimate of drug-likeness (QED) is 0.294. The first-order valence-corrected chi connectivity index (χ1v) is 8.79. The van der Waals surface area contributed by atoms with E-state index in [4.69, 9.17) is 23.2 Å². The molecular weight excluding hydrogens is 343 g/mol. The van der Waals surface area contributed by atoms with Gasteiger partial charge in [-0.2, -0.15) is 0 Å². The van der Waals surface area contributed by atoms with E-state index in [1.54, 1.807) is 25.1 Å². The first-order valence-electron chi connectivity index (χ1n) is 8.03. The molecule has 0 aliphatic carbocycles. The van der Waals surface area contributed by atoms with Gasteiger partial charge in [0.1, 0.15) is 5.78 Å². The third-order valence-corrected chi connectivity index (χ3v) is 4.36. The minimum Gasteiger partial charge on any atom is -0.300 e. The van der Waals surface area contributed by atoms with Crippen LogP contribution in [-0.4, -0.2) is 11.6 Å². The zero-order valence-electron chi connectivity index (χ0n) is 14.7. The molecule has 0 radical (unpaired) electrons. The summed E-state index contributed by atoms with van der Waals surface area (Å²) in [5.74, 6) is 0.143. The fraction of sp³-hybridized carbons (Fsp3) is 0.400. The van der Waals surface area contributed by atoms with Crippen molar-refractivity contribution in [3.63, 3.8) is 0 Å². The van der Waals surface area contributed by atoms with Gasteiger partial charge >= 0.3 is 0 Å². The maximum Gasteiger partial charge on any atom is 0.190 e. The molecular formula is C20H24Cl2O2. The van der Waals surface area contributed by atoms with Crippen LogP contribution in [0.5, 0.6) is 0 Å². The van der Waals surface area contributed by atoms with Crippen LogP contribution in [0, 0.1) is 0 Å². The standard InChI is InChI=1S/C20H24Cl2O2/c1-13(2)17(10-8-14(3)6-5-7-15(4)23)20(24)18-11-9-16(21)12-19(18)22/h6,9,11-12H,5,7-8,10H2,1-4H3/b14-6+. The number of Topliss-reactive ketones (excluding diaryl/α,β-unsaturated/α-hetero) is 2. The van der Waals surface area contributed by atoms with Gasteiger partial charge in [0.05, 0.1) is 5.02 Å². The molecule has 24 heavy (non-hydrogen) atoms. The molecule has 0 aliphatic rings. The molecule has 0 aromatic heterocycles. The van der Waals surface area contributed by atoms with Crippen LogP contribution >= 0.6 is 23.2 Å². The Balaban J connectivity index is 2.83. The number of hydrogen-bond acceptors (Lipinski definition) is 2. The van der Waals surface area contributed by atoms with E-state index in [9.17, 15) is 9.59 Å². The summed E-state index contributed by atoms with van der Waals surface area (Å²) < 4.78 is 0. The molecule has 1 aromatic carbocycles. The number of benzene rings is 1. The zero-order chi connectivity index (χ0) is 18.3. The van der Waals surface area contributed by atoms with Gasteiger partial charge in [-0.3, -0.25) is 4.79 Å². The van der Waals surface area contributed by atoms with Crippen molar-refractivity contribution in [3.8, 4) is 0 Å². The third-order valence-electron chi connectivity index (χ3n) is 3.81. The molecule has 1 rings (SSSR count). The molecule has 0 saturated carbocycles. The number of hydrogen-bond donors (Lipinski definition) is 0. The van der Waals surface area contributed by atoms with Crippen LogP contribution < -0.4 is 0 Å². The van der Waals surface area contributed by atoms with Crippen molar-refractivity contribution in [2.45, 2.75) is 53.4 Å². The molecule has 4 heteroatoms. The van der Waals surface area contributed by atoms with Gasteiger partial charge in [0.25, 0.3) is 0 Å². The second kappa shape index (κ2) is 9.80. The molecule has 0 N–H and O–H groups in total. The molecule has 2 nitrogen and oxygen atoms in total. The van der Waals surface area contributed by atoms with E-state index in [2.05, 4.69) is 6.08 Å². The lowest BCUT2D eigenvalue weighted by Crippen LogP contribution is -2.06. The van der Waals surface area contributed by atoms with Gasteiger partial charge in [0, 0.05) is 17.0 Å². The molecule has 0 saturated heterocycles. The highest BCUT2D eigenvalue weighted by Gasteiger charge is 2.17. The first kappa shape index (κ1) is 20.7. The minimum atomic E-state index is -0.0480. The SMILES string of the molecule is CC(=O)CC/C=C(\C)CCC(C(=O)c1ccc(Cl)cc1Cl)=C(C)C. The Kier molecular flexibility index (Phi) is 8.44. The maximum atomic E-state index is 12.8. The van der Waals surface area contributed by atoms with E-state index >= 15 is 0 Å². The summed E-state index contributed by atoms with van der Waals surface area (Å²) in [6.45, 7) is 7.50. The van der Waals surface area contributed by atoms with E-state index in [1.807, 2.05) is 20.8 Å². The van der Waals surface area contributed by atoms with Crippen molar-refractivity contribution in [2.75, 3.05) is 0 Å². The molecule has 1 aromatic rings. The van der Waals surface area contributed by atoms with Gasteiger partial charge in [-0.1, -0.05) is 40.4 Å². The van der Waals surface area contributed by atoms with Crippen LogP contribution in [0.25, 0.3) is 0 Å². The van der Waals surface area contributed by atoms with Crippen molar-refractivity contribution in [2.24, 2.45) is 0 Å². The molecule has 0 bridgehead atoms. The molecule has 0 atom stereocenters. The fourth-order valence-corrected chi connectivity index (χ4v) is 2.87. The van der Waals surface area contributed by atoms with Crippen molar-refractivity contribution in [3.05, 3.63) is 56.6 Å². The molecule has 0 heterocycles. The Morgan fingerprint density at radius 2 is 1.67 bits per heavy atom. The molecule has 0 fully saturated rings. The lowest BCUT2D eigenvalue weighted by molar-refractivity contribution is -0.116. The highest BCUT2D eigenvalue weighted by molar-refractivity contribution is 6.37. The minimum absolute atomic E-state index is 0.0480. The highest BCUT2D eigenvalue weighted by Crippen LogP contribution is 2.26. The van der Waals surface area contributed by atoms with Crippen molar-refractivity contribution in [1.82, 2.24) is 0 Å². The smallest absolute Gasteiger partial charge is 0.190 e. The van der Waals surface area contributed by atoms with Crippen molar-refractivity contribution < 1.29 is 9.59 Å². The molecule has 0 unspecified atom stereocenters. The Morgan fingerprint density at radius 3 is 2.21 bits per heavy atom. The number of carbonyl (C=O) groups is 2. The second-order valence-electron chi connectivity index (χ2n) is 6.22. The third kappa shape index (κ3) is 6.62. The largest absolute Gasteiger partial charge is 0.300 e. The first-order chi connectivity index (χ1) is 11.2. The Labute approximate surface area is 154 Å². The highest BCUT2D eigenvalue weighted by atomic mass is 35.5. The molecule has 0 amide bonds. The van der Waals surface area contributed by atoms with E-state index in [1.165, 1.54) is 5.57 Å². The molecule has 0 spiro atoms. The van der Waals surface area contributed by atoms with Gasteiger partial charge in [-0.05, 0) is 70.7 Å². The van der Waals surface area contributed by atoms with Gasteiger partial charge in [0.15, 0.2) is 5.78 Å². The van der Waals surface area contributed by atoms with Gasteiger partial charge in [-0.15, -0.1) is 0 Å². The number of halogens is 2. The monoisotopic (exact) mass is 366 g/mol. The average Bonchev–Trinajstić information content (AvgIpc) is 2.46. The topological polar surface area (TPSA) is 34.1 Å². The summed E-state index contributed by atoms with van der Waals surface area (Å²) in [7, 11) is 0. The normalized spacial score (nSPS) is 11.3. The van der Waals surface area contributed by atoms with Crippen LogP contribution in [0.2, 0.25) is 10.0 Å². The number of allylic oxidation sites excluding steroid dienone is 4. The van der Waals surface area contributed by atoms with Crippen LogP contribution in [0.3, 0.4) is 0 Å². The van der Waals surface area contributed by atoms with Crippen LogP contribution in [0.15, 0.2) is 41.0 Å². The van der Waals surface area contributed by atoms with Crippen LogP contribution in [0.4, 0.5) is 0 Å². The Morgan fingerprint density at radius 1 is 1.00 bits per heavy atom. The van der Waals surface area contributed by atoms with E-state index in [-0.39, 0.29) is 11.6 Å². The second-order valence-corrected chi connectivity index (χ2v) is 7.07. The zero-order valence-corrected chi connectivity index (χ0v) is 16.2. The lowest BCUT2D eigenvalue weighted by Gasteiger charge is -2.11. The summed E-state index contributed by atoms with van der Waals surface area (Å²) in [6.07, 6.45) is 4.83. The Hall–Kier alpha value is -1.38. The summed E-state index contributed by atoms with van der Waals surface area (Å²) in [5, 5.41) is 0.888. The summed E-state index contributed by atoms with van der Waals surface area (Å²) in [4.78, 5) is 23.8. The summed E-state index contributed by atoms with van der Waals surface area (Å²) in [6, 6.07) is 4.94. The lowest BCUT2D eigenvalue weighted by atomic mass is 9.94. The predicted molar refractivity (Wildman–Crippen MR) is 102 cm³/mol. The summed E-state index contributed by atoms with van der Waals surface area (Å²) >= 11 is 12.1. The molecule has 0 aliphatic heterocycles. The fourth-order valence-electron chi connectivity index (χ4n) is 2.37. The predicted octanol–water partition coefficient (Wildman–Crippen LogP) is 6.61. The van der Waals surface area contributed by atoms with Gasteiger partial charge in [0.2, 0.25) is 0 Å². The average molecular weight is 367 g/mol. The van der Waals surface area contributed by atoms with E-state index < -0.39 is 0 Å². The van der Waals surface area contributed by atoms with E-state index in [0.717, 1.165) is 24.0 Å². The van der Waals surface area contributed by atoms with Crippen LogP contribution in [-0.2, 0) is 4.79 Å². The summed E-state index contributed by atoms with van der Waals surface area (Å²) in [5.41, 5.74) is 3.43. The Bertz CT molecular complexity index is 681. The number of carbonyl (C=O) groups excluding carboxylic acids is 2. The van der Waals surface area contributed by atoms with Crippen LogP contribution in [0.1, 0.15) is 63.7 Å². The molecule has 130 valence electrons. The van der Waals surface area contributed by atoms with Gasteiger partial charge in [-0.25, -0.2) is 0 Å². The van der Waals surface area contributed by atoms with Gasteiger partial charge < -0.3 is 4.79 Å².